The summed E-state index contributed by atoms with van der Waals surface area (Å²) < 4.78 is 1.87. The van der Waals surface area contributed by atoms with Gasteiger partial charge in [-0.2, -0.15) is 5.10 Å². The SMILES string of the molecule is C#CCCCn1cc(-c2ccc(C(N)=O)cc2)cn1. The Morgan fingerprint density at radius 3 is 2.68 bits per heavy atom. The van der Waals surface area contributed by atoms with Gasteiger partial charge in [-0.25, -0.2) is 0 Å². The van der Waals surface area contributed by atoms with Crippen molar-refractivity contribution < 1.29 is 4.79 Å². The fourth-order valence-corrected chi connectivity index (χ4v) is 1.80. The van der Waals surface area contributed by atoms with E-state index in [1.54, 1.807) is 18.3 Å². The number of aryl methyl sites for hydroxylation is 1. The van der Waals surface area contributed by atoms with Crippen LogP contribution in [0.3, 0.4) is 0 Å². The predicted molar refractivity (Wildman–Crippen MR) is 74.2 cm³/mol. The Hall–Kier alpha value is -2.54. The number of primary amides is 1. The normalized spacial score (nSPS) is 10.1. The standard InChI is InChI=1S/C15H15N3O/c1-2-3-4-9-18-11-14(10-17-18)12-5-7-13(8-6-12)15(16)19/h1,5-8,10-11H,3-4,9H2,(H2,16,19). The Morgan fingerprint density at radius 2 is 2.05 bits per heavy atom. The molecule has 0 aliphatic carbocycles. The Labute approximate surface area is 112 Å². The largest absolute Gasteiger partial charge is 0.366 e. The molecule has 1 heterocycles. The van der Waals surface area contributed by atoms with E-state index in [2.05, 4.69) is 11.0 Å². The Morgan fingerprint density at radius 1 is 1.32 bits per heavy atom. The van der Waals surface area contributed by atoms with E-state index in [-0.39, 0.29) is 0 Å². The molecule has 0 aliphatic rings. The number of carbonyl (C=O) groups excluding carboxylic acids is 1. The van der Waals surface area contributed by atoms with Gasteiger partial charge in [0.2, 0.25) is 5.91 Å². The maximum Gasteiger partial charge on any atom is 0.248 e. The zero-order chi connectivity index (χ0) is 13.7. The molecule has 2 aromatic rings. The fraction of sp³-hybridized carbons (Fsp3) is 0.200. The van der Waals surface area contributed by atoms with Crippen LogP contribution >= 0.6 is 0 Å². The summed E-state index contributed by atoms with van der Waals surface area (Å²) in [6.45, 7) is 0.809. The zero-order valence-corrected chi connectivity index (χ0v) is 10.5. The molecule has 2 N–H and O–H groups in total. The summed E-state index contributed by atoms with van der Waals surface area (Å²) >= 11 is 0. The number of aromatic nitrogens is 2. The second kappa shape index (κ2) is 5.87. The average molecular weight is 253 g/mol. The predicted octanol–water partition coefficient (Wildman–Crippen LogP) is 2.06. The quantitative estimate of drug-likeness (QED) is 0.655. The molecule has 4 nitrogen and oxygen atoms in total. The maximum atomic E-state index is 11.0. The van der Waals surface area contributed by atoms with Crippen LogP contribution in [0.5, 0.6) is 0 Å². The number of nitrogens with zero attached hydrogens (tertiary/aromatic N) is 2. The lowest BCUT2D eigenvalue weighted by Crippen LogP contribution is -2.10. The number of carbonyl (C=O) groups is 1. The molecule has 0 bridgehead atoms. The molecule has 0 radical (unpaired) electrons. The molecular weight excluding hydrogens is 238 g/mol. The third-order valence-electron chi connectivity index (χ3n) is 2.84. The third-order valence-corrected chi connectivity index (χ3v) is 2.84. The number of terminal acetylenes is 1. The van der Waals surface area contributed by atoms with E-state index >= 15 is 0 Å². The summed E-state index contributed by atoms with van der Waals surface area (Å²) in [5, 5.41) is 4.28. The summed E-state index contributed by atoms with van der Waals surface area (Å²) in [4.78, 5) is 11.0. The minimum Gasteiger partial charge on any atom is -0.366 e. The first-order valence-corrected chi connectivity index (χ1v) is 6.07. The topological polar surface area (TPSA) is 60.9 Å². The zero-order valence-electron chi connectivity index (χ0n) is 10.5. The lowest BCUT2D eigenvalue weighted by Gasteiger charge is -1.99. The number of nitrogens with two attached hydrogens (primary N) is 1. The van der Waals surface area contributed by atoms with Crippen LogP contribution in [0.25, 0.3) is 11.1 Å². The van der Waals surface area contributed by atoms with E-state index < -0.39 is 5.91 Å². The fourth-order valence-electron chi connectivity index (χ4n) is 1.80. The van der Waals surface area contributed by atoms with Crippen molar-refractivity contribution >= 4 is 5.91 Å². The second-order valence-corrected chi connectivity index (χ2v) is 4.24. The van der Waals surface area contributed by atoms with Gasteiger partial charge in [0, 0.05) is 30.3 Å². The van der Waals surface area contributed by atoms with E-state index in [9.17, 15) is 4.79 Å². The maximum absolute atomic E-state index is 11.0. The molecule has 0 saturated heterocycles. The molecule has 1 aromatic carbocycles. The van der Waals surface area contributed by atoms with Gasteiger partial charge in [0.15, 0.2) is 0 Å². The van der Waals surface area contributed by atoms with Crippen LogP contribution in [-0.2, 0) is 6.54 Å². The van der Waals surface area contributed by atoms with Gasteiger partial charge < -0.3 is 5.73 Å². The molecule has 4 heteroatoms. The van der Waals surface area contributed by atoms with Crippen LogP contribution in [0, 0.1) is 12.3 Å². The van der Waals surface area contributed by atoms with Crippen molar-refractivity contribution in [3.8, 4) is 23.5 Å². The Bertz CT molecular complexity index is 605. The first-order chi connectivity index (χ1) is 9.20. The van der Waals surface area contributed by atoms with Gasteiger partial charge in [-0.3, -0.25) is 9.48 Å². The summed E-state index contributed by atoms with van der Waals surface area (Å²) in [6, 6.07) is 7.16. The van der Waals surface area contributed by atoms with Crippen LogP contribution in [0.1, 0.15) is 23.2 Å². The lowest BCUT2D eigenvalue weighted by molar-refractivity contribution is 0.100. The molecule has 0 saturated carbocycles. The van der Waals surface area contributed by atoms with Crippen molar-refractivity contribution in [2.24, 2.45) is 5.73 Å². The van der Waals surface area contributed by atoms with Crippen LogP contribution < -0.4 is 5.73 Å². The number of rotatable bonds is 5. The van der Waals surface area contributed by atoms with Gasteiger partial charge in [-0.15, -0.1) is 12.3 Å². The van der Waals surface area contributed by atoms with Gasteiger partial charge in [0.05, 0.1) is 6.20 Å². The van der Waals surface area contributed by atoms with Crippen LogP contribution in [0.15, 0.2) is 36.7 Å². The summed E-state index contributed by atoms with van der Waals surface area (Å²) in [5.74, 6) is 2.19. The van der Waals surface area contributed by atoms with Crippen molar-refractivity contribution in [1.29, 1.82) is 0 Å². The van der Waals surface area contributed by atoms with Crippen molar-refractivity contribution in [3.05, 3.63) is 42.2 Å². The van der Waals surface area contributed by atoms with Gasteiger partial charge in [-0.1, -0.05) is 12.1 Å². The van der Waals surface area contributed by atoms with E-state index in [0.29, 0.717) is 5.56 Å². The molecule has 19 heavy (non-hydrogen) atoms. The minimum atomic E-state index is -0.420. The van der Waals surface area contributed by atoms with Gasteiger partial charge in [-0.05, 0) is 24.1 Å². The number of hydrogen-bond donors (Lipinski definition) is 1. The van der Waals surface area contributed by atoms with Crippen LogP contribution in [0.4, 0.5) is 0 Å². The Balaban J connectivity index is 2.09. The van der Waals surface area contributed by atoms with Crippen LogP contribution in [-0.4, -0.2) is 15.7 Å². The molecule has 0 spiro atoms. The molecule has 96 valence electrons. The molecule has 1 aromatic heterocycles. The number of benzene rings is 1. The molecule has 1 amide bonds. The first-order valence-electron chi connectivity index (χ1n) is 6.07. The summed E-state index contributed by atoms with van der Waals surface area (Å²) in [7, 11) is 0. The third kappa shape index (κ3) is 3.23. The highest BCUT2D eigenvalue weighted by atomic mass is 16.1. The second-order valence-electron chi connectivity index (χ2n) is 4.24. The number of hydrogen-bond acceptors (Lipinski definition) is 2. The lowest BCUT2D eigenvalue weighted by atomic mass is 10.1. The molecule has 2 rings (SSSR count). The summed E-state index contributed by atoms with van der Waals surface area (Å²) in [6.07, 6.45) is 10.6. The Kier molecular flexibility index (Phi) is 3.99. The highest BCUT2D eigenvalue weighted by molar-refractivity contribution is 5.93. The monoisotopic (exact) mass is 253 g/mol. The van der Waals surface area contributed by atoms with E-state index in [1.165, 1.54) is 0 Å². The average Bonchev–Trinajstić information content (AvgIpc) is 2.88. The van der Waals surface area contributed by atoms with Gasteiger partial charge in [0.25, 0.3) is 0 Å². The molecule has 0 aliphatic heterocycles. The van der Waals surface area contributed by atoms with Gasteiger partial charge >= 0.3 is 0 Å². The van der Waals surface area contributed by atoms with E-state index in [0.717, 1.165) is 30.5 Å². The molecular formula is C15H15N3O. The number of unbranched alkanes of at least 4 members (excludes halogenated alkanes) is 1. The highest BCUT2D eigenvalue weighted by Gasteiger charge is 2.04. The van der Waals surface area contributed by atoms with Crippen molar-refractivity contribution in [2.75, 3.05) is 0 Å². The summed E-state index contributed by atoms with van der Waals surface area (Å²) in [5.41, 5.74) is 7.73. The van der Waals surface area contributed by atoms with Crippen molar-refractivity contribution in [1.82, 2.24) is 9.78 Å². The number of amides is 1. The molecule has 0 atom stereocenters. The minimum absolute atomic E-state index is 0.420. The van der Waals surface area contributed by atoms with Crippen LogP contribution in [0.2, 0.25) is 0 Å². The highest BCUT2D eigenvalue weighted by Crippen LogP contribution is 2.19. The van der Waals surface area contributed by atoms with E-state index in [1.807, 2.05) is 23.0 Å². The first kappa shape index (κ1) is 12.9. The molecule has 0 fully saturated rings. The van der Waals surface area contributed by atoms with Gasteiger partial charge in [0.1, 0.15) is 0 Å². The van der Waals surface area contributed by atoms with Crippen molar-refractivity contribution in [2.45, 2.75) is 19.4 Å². The molecule has 0 unspecified atom stereocenters. The van der Waals surface area contributed by atoms with E-state index in [4.69, 9.17) is 12.2 Å². The van der Waals surface area contributed by atoms with Crippen molar-refractivity contribution in [3.63, 3.8) is 0 Å². The smallest absolute Gasteiger partial charge is 0.248 e.